The van der Waals surface area contributed by atoms with Crippen LogP contribution < -0.4 is 5.32 Å². The van der Waals surface area contributed by atoms with E-state index in [-0.39, 0.29) is 22.7 Å². The van der Waals surface area contributed by atoms with Crippen molar-refractivity contribution in [3.8, 4) is 0 Å². The molecule has 0 unspecified atom stereocenters. The molecule has 1 aliphatic carbocycles. The fourth-order valence-electron chi connectivity index (χ4n) is 2.80. The average Bonchev–Trinajstić information content (AvgIpc) is 2.90. The van der Waals surface area contributed by atoms with E-state index >= 15 is 0 Å². The van der Waals surface area contributed by atoms with E-state index in [1.807, 2.05) is 0 Å². The van der Waals surface area contributed by atoms with E-state index < -0.39 is 4.92 Å². The summed E-state index contributed by atoms with van der Waals surface area (Å²) in [6.07, 6.45) is 4.40. The van der Waals surface area contributed by atoms with E-state index in [0.717, 1.165) is 37.8 Å². The maximum Gasteiger partial charge on any atom is 0.288 e. The van der Waals surface area contributed by atoms with Gasteiger partial charge in [0.15, 0.2) is 0 Å². The third-order valence-electron chi connectivity index (χ3n) is 4.04. The fourth-order valence-corrected chi connectivity index (χ4v) is 2.98. The van der Waals surface area contributed by atoms with Crippen LogP contribution in [0.25, 0.3) is 0 Å². The Morgan fingerprint density at radius 3 is 2.70 bits per heavy atom. The Balaban J connectivity index is 1.94. The molecule has 0 radical (unpaired) electrons. The van der Waals surface area contributed by atoms with Gasteiger partial charge in [-0.2, -0.15) is 0 Å². The standard InChI is InChI=1S/C14H19ClN2O3/c15-12-4-3-11(7-13(12)17(19)20)8-16-9-14(10-18)5-1-2-6-14/h3-4,7,16,18H,1-2,5-6,8-10H2. The molecule has 110 valence electrons. The molecule has 1 saturated carbocycles. The Bertz CT molecular complexity index is 487. The summed E-state index contributed by atoms with van der Waals surface area (Å²) in [5.74, 6) is 0. The third kappa shape index (κ3) is 3.48. The van der Waals surface area contributed by atoms with Crippen molar-refractivity contribution in [2.45, 2.75) is 32.2 Å². The first-order valence-corrected chi connectivity index (χ1v) is 7.18. The van der Waals surface area contributed by atoms with Gasteiger partial charge in [0.2, 0.25) is 0 Å². The van der Waals surface area contributed by atoms with Gasteiger partial charge in [-0.25, -0.2) is 0 Å². The molecule has 1 aromatic carbocycles. The Hall–Kier alpha value is -1.17. The minimum Gasteiger partial charge on any atom is -0.396 e. The number of aliphatic hydroxyl groups excluding tert-OH is 1. The summed E-state index contributed by atoms with van der Waals surface area (Å²) in [7, 11) is 0. The Morgan fingerprint density at radius 2 is 2.10 bits per heavy atom. The van der Waals surface area contributed by atoms with Crippen molar-refractivity contribution >= 4 is 17.3 Å². The highest BCUT2D eigenvalue weighted by Gasteiger charge is 2.32. The van der Waals surface area contributed by atoms with Crippen LogP contribution in [0.4, 0.5) is 5.69 Å². The van der Waals surface area contributed by atoms with Crippen LogP contribution in [0, 0.1) is 15.5 Å². The van der Waals surface area contributed by atoms with Crippen molar-refractivity contribution in [2.75, 3.05) is 13.2 Å². The van der Waals surface area contributed by atoms with Gasteiger partial charge in [-0.1, -0.05) is 30.5 Å². The highest BCUT2D eigenvalue weighted by atomic mass is 35.5. The second-order valence-electron chi connectivity index (χ2n) is 5.51. The summed E-state index contributed by atoms with van der Waals surface area (Å²) in [5, 5.41) is 23.8. The second kappa shape index (κ2) is 6.52. The normalized spacial score (nSPS) is 17.3. The van der Waals surface area contributed by atoms with Crippen LogP contribution in [-0.4, -0.2) is 23.2 Å². The summed E-state index contributed by atoms with van der Waals surface area (Å²) >= 11 is 5.78. The SMILES string of the molecule is O=[N+]([O-])c1cc(CNCC2(CO)CCCC2)ccc1Cl. The first kappa shape index (κ1) is 15.2. The highest BCUT2D eigenvalue weighted by molar-refractivity contribution is 6.32. The number of nitro groups is 1. The molecule has 0 bridgehead atoms. The van der Waals surface area contributed by atoms with Gasteiger partial charge in [0.05, 0.1) is 4.92 Å². The molecule has 0 amide bonds. The zero-order valence-electron chi connectivity index (χ0n) is 11.3. The Morgan fingerprint density at radius 1 is 1.40 bits per heavy atom. The summed E-state index contributed by atoms with van der Waals surface area (Å²) in [6.45, 7) is 1.47. The number of nitrogens with zero attached hydrogens (tertiary/aromatic N) is 1. The number of nitro benzene ring substituents is 1. The van der Waals surface area contributed by atoms with Crippen molar-refractivity contribution < 1.29 is 10.0 Å². The summed E-state index contributed by atoms with van der Waals surface area (Å²) < 4.78 is 0. The van der Waals surface area contributed by atoms with E-state index in [9.17, 15) is 15.2 Å². The van der Waals surface area contributed by atoms with E-state index in [0.29, 0.717) is 6.54 Å². The van der Waals surface area contributed by atoms with Crippen molar-refractivity contribution in [1.82, 2.24) is 5.32 Å². The monoisotopic (exact) mass is 298 g/mol. The maximum atomic E-state index is 10.8. The average molecular weight is 299 g/mol. The molecule has 20 heavy (non-hydrogen) atoms. The lowest BCUT2D eigenvalue weighted by atomic mass is 9.87. The van der Waals surface area contributed by atoms with Gasteiger partial charge in [0, 0.05) is 31.2 Å². The van der Waals surface area contributed by atoms with Crippen LogP contribution >= 0.6 is 11.6 Å². The molecule has 1 aliphatic rings. The molecule has 0 heterocycles. The van der Waals surface area contributed by atoms with Crippen LogP contribution in [0.5, 0.6) is 0 Å². The summed E-state index contributed by atoms with van der Waals surface area (Å²) in [4.78, 5) is 10.3. The molecular formula is C14H19ClN2O3. The summed E-state index contributed by atoms with van der Waals surface area (Å²) in [5.41, 5.74) is 0.745. The van der Waals surface area contributed by atoms with Crippen LogP contribution in [0.3, 0.4) is 0 Å². The van der Waals surface area contributed by atoms with Gasteiger partial charge < -0.3 is 10.4 Å². The number of halogens is 1. The van der Waals surface area contributed by atoms with Gasteiger partial charge in [0.1, 0.15) is 5.02 Å². The molecule has 1 aromatic rings. The zero-order valence-corrected chi connectivity index (χ0v) is 12.0. The highest BCUT2D eigenvalue weighted by Crippen LogP contribution is 2.37. The molecule has 5 nitrogen and oxygen atoms in total. The molecule has 1 fully saturated rings. The zero-order chi connectivity index (χ0) is 14.6. The van der Waals surface area contributed by atoms with Crippen molar-refractivity contribution in [3.05, 3.63) is 38.9 Å². The number of hydrogen-bond acceptors (Lipinski definition) is 4. The number of rotatable bonds is 6. The van der Waals surface area contributed by atoms with Crippen LogP contribution in [-0.2, 0) is 6.54 Å². The molecule has 2 rings (SSSR count). The lowest BCUT2D eigenvalue weighted by Crippen LogP contribution is -2.34. The number of hydrogen-bond donors (Lipinski definition) is 2. The predicted molar refractivity (Wildman–Crippen MR) is 77.8 cm³/mol. The van der Waals surface area contributed by atoms with Crippen LogP contribution in [0.2, 0.25) is 5.02 Å². The van der Waals surface area contributed by atoms with Gasteiger partial charge in [-0.3, -0.25) is 10.1 Å². The molecule has 0 saturated heterocycles. The van der Waals surface area contributed by atoms with Crippen molar-refractivity contribution in [2.24, 2.45) is 5.41 Å². The quantitative estimate of drug-likeness (QED) is 0.625. The number of aliphatic hydroxyl groups is 1. The van der Waals surface area contributed by atoms with Crippen molar-refractivity contribution in [3.63, 3.8) is 0 Å². The molecule has 6 heteroatoms. The molecular weight excluding hydrogens is 280 g/mol. The van der Waals surface area contributed by atoms with Crippen molar-refractivity contribution in [1.29, 1.82) is 0 Å². The predicted octanol–water partition coefficient (Wildman–Crippen LogP) is 2.89. The summed E-state index contributed by atoms with van der Waals surface area (Å²) in [6, 6.07) is 4.83. The Kier molecular flexibility index (Phi) is 4.96. The van der Waals surface area contributed by atoms with E-state index in [1.54, 1.807) is 12.1 Å². The minimum atomic E-state index is -0.474. The third-order valence-corrected chi connectivity index (χ3v) is 4.36. The van der Waals surface area contributed by atoms with E-state index in [4.69, 9.17) is 11.6 Å². The number of nitrogens with one attached hydrogen (secondary N) is 1. The lowest BCUT2D eigenvalue weighted by Gasteiger charge is -2.26. The first-order valence-electron chi connectivity index (χ1n) is 6.81. The molecule has 2 N–H and O–H groups in total. The second-order valence-corrected chi connectivity index (χ2v) is 5.92. The van der Waals surface area contributed by atoms with Crippen LogP contribution in [0.15, 0.2) is 18.2 Å². The molecule has 0 spiro atoms. The minimum absolute atomic E-state index is 0.0155. The van der Waals surface area contributed by atoms with Crippen LogP contribution in [0.1, 0.15) is 31.2 Å². The van der Waals surface area contributed by atoms with Gasteiger partial charge >= 0.3 is 0 Å². The Labute approximate surface area is 123 Å². The first-order chi connectivity index (χ1) is 9.56. The number of benzene rings is 1. The van der Waals surface area contributed by atoms with Gasteiger partial charge in [0.25, 0.3) is 5.69 Å². The van der Waals surface area contributed by atoms with E-state index in [1.165, 1.54) is 6.07 Å². The topological polar surface area (TPSA) is 75.4 Å². The van der Waals surface area contributed by atoms with Gasteiger partial charge in [-0.15, -0.1) is 0 Å². The largest absolute Gasteiger partial charge is 0.396 e. The molecule has 0 aromatic heterocycles. The maximum absolute atomic E-state index is 10.8. The van der Waals surface area contributed by atoms with Gasteiger partial charge in [-0.05, 0) is 24.5 Å². The van der Waals surface area contributed by atoms with E-state index in [2.05, 4.69) is 5.32 Å². The molecule has 0 aliphatic heterocycles. The smallest absolute Gasteiger partial charge is 0.288 e. The molecule has 0 atom stereocenters. The lowest BCUT2D eigenvalue weighted by molar-refractivity contribution is -0.384. The fraction of sp³-hybridized carbons (Fsp3) is 0.571.